The highest BCUT2D eigenvalue weighted by Crippen LogP contribution is 2.23. The van der Waals surface area contributed by atoms with Crippen LogP contribution in [0.15, 0.2) is 12.1 Å². The summed E-state index contributed by atoms with van der Waals surface area (Å²) in [7, 11) is 1.66. The van der Waals surface area contributed by atoms with Gasteiger partial charge in [-0.2, -0.15) is 0 Å². The summed E-state index contributed by atoms with van der Waals surface area (Å²) in [5, 5.41) is 3.04. The van der Waals surface area contributed by atoms with Crippen LogP contribution in [-0.2, 0) is 11.3 Å². The van der Waals surface area contributed by atoms with Crippen LogP contribution in [0.2, 0.25) is 0 Å². The molecule has 0 unspecified atom stereocenters. The Labute approximate surface area is 90.4 Å². The van der Waals surface area contributed by atoms with Gasteiger partial charge in [-0.05, 0) is 31.0 Å². The first-order chi connectivity index (χ1) is 7.19. The molecule has 0 atom stereocenters. The van der Waals surface area contributed by atoms with Crippen molar-refractivity contribution >= 4 is 6.29 Å². The van der Waals surface area contributed by atoms with Gasteiger partial charge >= 0.3 is 0 Å². The third-order valence-corrected chi connectivity index (χ3v) is 2.33. The molecule has 82 valence electrons. The number of carbonyl (C=O) groups excluding carboxylic acids is 1. The van der Waals surface area contributed by atoms with E-state index in [0.29, 0.717) is 13.1 Å². The fourth-order valence-corrected chi connectivity index (χ4v) is 1.62. The van der Waals surface area contributed by atoms with Gasteiger partial charge in [0.05, 0.1) is 13.7 Å². The Hall–Kier alpha value is -1.35. The largest absolute Gasteiger partial charge is 0.496 e. The normalized spacial score (nSPS) is 10.1. The lowest BCUT2D eigenvalue weighted by Crippen LogP contribution is -2.16. The lowest BCUT2D eigenvalue weighted by molar-refractivity contribution is -0.107. The number of nitrogens with one attached hydrogen (secondary N) is 1. The molecule has 1 N–H and O–H groups in total. The summed E-state index contributed by atoms with van der Waals surface area (Å²) in [4.78, 5) is 10.2. The minimum absolute atomic E-state index is 0.371. The Morgan fingerprint density at radius 1 is 1.40 bits per heavy atom. The van der Waals surface area contributed by atoms with E-state index in [1.807, 2.05) is 19.9 Å². The molecule has 0 bridgehead atoms. The van der Waals surface area contributed by atoms with Crippen LogP contribution in [0.1, 0.15) is 16.7 Å². The fraction of sp³-hybridized carbons (Fsp3) is 0.417. The van der Waals surface area contributed by atoms with E-state index in [1.54, 1.807) is 7.11 Å². The second kappa shape index (κ2) is 5.51. The summed E-state index contributed by atoms with van der Waals surface area (Å²) in [6.07, 6.45) is 0.857. The molecule has 0 aliphatic rings. The molecule has 1 aromatic carbocycles. The molecule has 1 aromatic rings. The zero-order valence-corrected chi connectivity index (χ0v) is 9.46. The van der Waals surface area contributed by atoms with Gasteiger partial charge in [-0.25, -0.2) is 0 Å². The van der Waals surface area contributed by atoms with E-state index in [9.17, 15) is 4.79 Å². The van der Waals surface area contributed by atoms with Crippen molar-refractivity contribution in [2.45, 2.75) is 20.4 Å². The van der Waals surface area contributed by atoms with Gasteiger partial charge < -0.3 is 14.8 Å². The van der Waals surface area contributed by atoms with Crippen LogP contribution in [-0.4, -0.2) is 19.9 Å². The lowest BCUT2D eigenvalue weighted by atomic mass is 10.0. The molecule has 3 nitrogen and oxygen atoms in total. The Kier molecular flexibility index (Phi) is 4.31. The van der Waals surface area contributed by atoms with E-state index in [1.165, 1.54) is 11.1 Å². The second-order valence-corrected chi connectivity index (χ2v) is 3.56. The zero-order valence-electron chi connectivity index (χ0n) is 9.46. The van der Waals surface area contributed by atoms with Crippen molar-refractivity contribution in [1.82, 2.24) is 5.32 Å². The number of ether oxygens (including phenoxy) is 1. The van der Waals surface area contributed by atoms with Gasteiger partial charge in [0.15, 0.2) is 0 Å². The topological polar surface area (TPSA) is 38.3 Å². The SMILES string of the molecule is COc1cc(C)cc(C)c1CNCC=O. The third-order valence-electron chi connectivity index (χ3n) is 2.33. The van der Waals surface area contributed by atoms with Crippen LogP contribution in [0.25, 0.3) is 0 Å². The van der Waals surface area contributed by atoms with Gasteiger partial charge in [0, 0.05) is 12.1 Å². The van der Waals surface area contributed by atoms with Gasteiger partial charge in [0.2, 0.25) is 0 Å². The van der Waals surface area contributed by atoms with Gasteiger partial charge in [-0.15, -0.1) is 0 Å². The van der Waals surface area contributed by atoms with E-state index in [2.05, 4.69) is 11.4 Å². The second-order valence-electron chi connectivity index (χ2n) is 3.56. The molecule has 0 saturated heterocycles. The molecule has 0 aromatic heterocycles. The summed E-state index contributed by atoms with van der Waals surface area (Å²) >= 11 is 0. The van der Waals surface area contributed by atoms with Crippen LogP contribution >= 0.6 is 0 Å². The highest BCUT2D eigenvalue weighted by atomic mass is 16.5. The lowest BCUT2D eigenvalue weighted by Gasteiger charge is -2.12. The molecule has 15 heavy (non-hydrogen) atoms. The van der Waals surface area contributed by atoms with Gasteiger partial charge in [-0.1, -0.05) is 6.07 Å². The van der Waals surface area contributed by atoms with Gasteiger partial charge in [-0.3, -0.25) is 0 Å². The highest BCUT2D eigenvalue weighted by Gasteiger charge is 2.06. The van der Waals surface area contributed by atoms with E-state index in [0.717, 1.165) is 17.6 Å². The minimum atomic E-state index is 0.371. The van der Waals surface area contributed by atoms with Crippen molar-refractivity contribution < 1.29 is 9.53 Å². The Bertz CT molecular complexity index is 348. The first-order valence-electron chi connectivity index (χ1n) is 4.97. The fourth-order valence-electron chi connectivity index (χ4n) is 1.62. The van der Waals surface area contributed by atoms with Crippen molar-refractivity contribution in [1.29, 1.82) is 0 Å². The molecule has 1 rings (SSSR count). The van der Waals surface area contributed by atoms with Crippen LogP contribution in [0.3, 0.4) is 0 Å². The van der Waals surface area contributed by atoms with Crippen LogP contribution in [0, 0.1) is 13.8 Å². The smallest absolute Gasteiger partial charge is 0.133 e. The Morgan fingerprint density at radius 3 is 2.73 bits per heavy atom. The quantitative estimate of drug-likeness (QED) is 0.588. The summed E-state index contributed by atoms with van der Waals surface area (Å²) in [6.45, 7) is 5.12. The van der Waals surface area contributed by atoms with Crippen molar-refractivity contribution in [3.8, 4) is 5.75 Å². The average Bonchev–Trinajstić information content (AvgIpc) is 2.20. The van der Waals surface area contributed by atoms with Crippen molar-refractivity contribution in [3.63, 3.8) is 0 Å². The maximum absolute atomic E-state index is 10.2. The first kappa shape index (κ1) is 11.7. The number of benzene rings is 1. The molecule has 3 heteroatoms. The van der Waals surface area contributed by atoms with E-state index in [-0.39, 0.29) is 0 Å². The minimum Gasteiger partial charge on any atom is -0.496 e. The molecule has 0 heterocycles. The van der Waals surface area contributed by atoms with Gasteiger partial charge in [0.25, 0.3) is 0 Å². The Morgan fingerprint density at radius 2 is 2.13 bits per heavy atom. The van der Waals surface area contributed by atoms with E-state index >= 15 is 0 Å². The van der Waals surface area contributed by atoms with Crippen LogP contribution in [0.4, 0.5) is 0 Å². The number of aryl methyl sites for hydroxylation is 2. The number of rotatable bonds is 5. The van der Waals surface area contributed by atoms with Crippen LogP contribution < -0.4 is 10.1 Å². The molecule has 0 aliphatic carbocycles. The number of carbonyl (C=O) groups is 1. The summed E-state index contributed by atoms with van der Waals surface area (Å²) in [6, 6.07) is 4.12. The van der Waals surface area contributed by atoms with Crippen LogP contribution in [0.5, 0.6) is 5.75 Å². The van der Waals surface area contributed by atoms with Crippen molar-refractivity contribution in [2.24, 2.45) is 0 Å². The van der Waals surface area contributed by atoms with Crippen molar-refractivity contribution in [2.75, 3.05) is 13.7 Å². The first-order valence-corrected chi connectivity index (χ1v) is 4.97. The number of methoxy groups -OCH3 is 1. The maximum Gasteiger partial charge on any atom is 0.133 e. The zero-order chi connectivity index (χ0) is 11.3. The third kappa shape index (κ3) is 3.06. The molecule has 0 fully saturated rings. The molecule has 0 radical (unpaired) electrons. The Balaban J connectivity index is 2.88. The predicted molar refractivity (Wildman–Crippen MR) is 60.2 cm³/mol. The molecule has 0 saturated carbocycles. The highest BCUT2D eigenvalue weighted by molar-refractivity contribution is 5.52. The maximum atomic E-state index is 10.2. The standard InChI is InChI=1S/C12H17NO2/c1-9-6-10(2)11(8-13-4-5-14)12(7-9)15-3/h5-7,13H,4,8H2,1-3H3. The van der Waals surface area contributed by atoms with Gasteiger partial charge in [0.1, 0.15) is 12.0 Å². The number of hydrogen-bond donors (Lipinski definition) is 1. The monoisotopic (exact) mass is 207 g/mol. The van der Waals surface area contributed by atoms with Crippen molar-refractivity contribution in [3.05, 3.63) is 28.8 Å². The average molecular weight is 207 g/mol. The summed E-state index contributed by atoms with van der Waals surface area (Å²) < 4.78 is 5.31. The molecule has 0 amide bonds. The molecule has 0 spiro atoms. The summed E-state index contributed by atoms with van der Waals surface area (Å²) in [5.74, 6) is 0.880. The molecule has 0 aliphatic heterocycles. The summed E-state index contributed by atoms with van der Waals surface area (Å²) in [5.41, 5.74) is 3.48. The predicted octanol–water partition coefficient (Wildman–Crippen LogP) is 1.60. The molecular formula is C12H17NO2. The number of hydrogen-bond acceptors (Lipinski definition) is 3. The number of aldehydes is 1. The molecular weight excluding hydrogens is 190 g/mol. The van der Waals surface area contributed by atoms with E-state index < -0.39 is 0 Å². The van der Waals surface area contributed by atoms with E-state index in [4.69, 9.17) is 4.74 Å².